The maximum atomic E-state index is 16.3. The quantitative estimate of drug-likeness (QED) is 0.517. The highest BCUT2D eigenvalue weighted by Crippen LogP contribution is 2.47. The van der Waals surface area contributed by atoms with Gasteiger partial charge in [-0.15, -0.1) is 0 Å². The van der Waals surface area contributed by atoms with E-state index in [2.05, 4.69) is 23.2 Å². The number of pyridine rings is 1. The van der Waals surface area contributed by atoms with E-state index in [1.807, 2.05) is 11.8 Å². The number of carboxylic acids is 1. The Morgan fingerprint density at radius 2 is 2.11 bits per heavy atom. The van der Waals surface area contributed by atoms with Gasteiger partial charge in [0.2, 0.25) is 11.2 Å². The number of nitrogens with one attached hydrogen (secondary N) is 1. The van der Waals surface area contributed by atoms with Crippen LogP contribution < -0.4 is 20.4 Å². The molecule has 2 N–H and O–H groups in total. The summed E-state index contributed by atoms with van der Waals surface area (Å²) in [7, 11) is 1.46. The van der Waals surface area contributed by atoms with Crippen LogP contribution in [0.1, 0.15) is 75.2 Å². The molecule has 1 aromatic carbocycles. The molecule has 1 aliphatic heterocycles. The molecule has 2 aromatic rings. The first kappa shape index (κ1) is 25.0. The first-order chi connectivity index (χ1) is 16.9. The molecule has 1 aliphatic carbocycles. The Labute approximate surface area is 204 Å². The Kier molecular flexibility index (Phi) is 7.60. The number of unbranched alkanes of at least 4 members (excludes halogenated alkanes) is 4. The molecule has 2 fully saturated rings. The van der Waals surface area contributed by atoms with Crippen molar-refractivity contribution in [1.82, 2.24) is 9.88 Å². The molecule has 0 spiro atoms. The minimum Gasteiger partial charge on any atom is -0.492 e. The molecule has 35 heavy (non-hydrogen) atoms. The Morgan fingerprint density at radius 1 is 1.34 bits per heavy atom. The van der Waals surface area contributed by atoms with Gasteiger partial charge in [-0.1, -0.05) is 26.2 Å². The van der Waals surface area contributed by atoms with Gasteiger partial charge in [-0.2, -0.15) is 4.39 Å². The summed E-state index contributed by atoms with van der Waals surface area (Å²) in [5.41, 5.74) is -0.641. The number of carbonyl (C=O) groups is 1. The first-order valence-electron chi connectivity index (χ1n) is 12.5. The molecule has 9 heteroatoms. The summed E-state index contributed by atoms with van der Waals surface area (Å²) < 4.78 is 23.8. The van der Waals surface area contributed by atoms with E-state index >= 15 is 4.39 Å². The van der Waals surface area contributed by atoms with Crippen LogP contribution in [0, 0.1) is 11.9 Å². The first-order valence-corrected chi connectivity index (χ1v) is 12.5. The second-order valence-corrected chi connectivity index (χ2v) is 9.47. The van der Waals surface area contributed by atoms with Gasteiger partial charge in [0.15, 0.2) is 5.75 Å². The van der Waals surface area contributed by atoms with E-state index < -0.39 is 22.8 Å². The van der Waals surface area contributed by atoms with Crippen molar-refractivity contribution < 1.29 is 19.0 Å². The van der Waals surface area contributed by atoms with E-state index in [0.29, 0.717) is 31.6 Å². The van der Waals surface area contributed by atoms with Crippen LogP contribution in [-0.2, 0) is 0 Å². The third-order valence-corrected chi connectivity index (χ3v) is 6.71. The Morgan fingerprint density at radius 3 is 2.74 bits per heavy atom. The molecule has 1 unspecified atom stereocenters. The molecule has 2 aliphatic rings. The zero-order valence-electron chi connectivity index (χ0n) is 20.7. The number of anilines is 1. The van der Waals surface area contributed by atoms with Gasteiger partial charge < -0.3 is 24.6 Å². The van der Waals surface area contributed by atoms with E-state index in [0.717, 1.165) is 38.5 Å². The maximum absolute atomic E-state index is 16.3. The number of fused-ring (bicyclic) bond motifs is 1. The lowest BCUT2D eigenvalue weighted by atomic mass is 10.0. The van der Waals surface area contributed by atoms with E-state index in [9.17, 15) is 14.7 Å². The van der Waals surface area contributed by atoms with Crippen LogP contribution in [0.15, 0.2) is 11.0 Å². The van der Waals surface area contributed by atoms with Crippen LogP contribution in [-0.4, -0.2) is 48.4 Å². The molecular formula is C26H34FN4O4+. The van der Waals surface area contributed by atoms with Crippen molar-refractivity contribution in [3.05, 3.63) is 32.6 Å². The molecule has 1 aromatic heterocycles. The molecule has 2 heterocycles. The molecule has 8 nitrogen and oxygen atoms in total. The highest BCUT2D eigenvalue weighted by molar-refractivity contribution is 6.04. The molecule has 0 bridgehead atoms. The van der Waals surface area contributed by atoms with Gasteiger partial charge >= 0.3 is 11.7 Å². The summed E-state index contributed by atoms with van der Waals surface area (Å²) in [5.74, 6) is -1.77. The van der Waals surface area contributed by atoms with Crippen molar-refractivity contribution in [3.8, 4) is 11.8 Å². The van der Waals surface area contributed by atoms with Crippen LogP contribution in [0.2, 0.25) is 0 Å². The highest BCUT2D eigenvalue weighted by Gasteiger charge is 2.38. The lowest BCUT2D eigenvalue weighted by Gasteiger charge is -2.34. The Balaban J connectivity index is 2.00. The molecule has 1 atom stereocenters. The van der Waals surface area contributed by atoms with E-state index in [1.165, 1.54) is 13.3 Å². The summed E-state index contributed by atoms with van der Waals surface area (Å²) in [4.78, 5) is 31.6. The number of aromatic nitrogens is 1. The molecule has 188 valence electrons. The molecular weight excluding hydrogens is 451 g/mol. The summed E-state index contributed by atoms with van der Waals surface area (Å²) in [5, 5.41) is 13.0. The number of ether oxygens (including phenoxy) is 1. The predicted molar refractivity (Wildman–Crippen MR) is 135 cm³/mol. The summed E-state index contributed by atoms with van der Waals surface area (Å²) in [6, 6.07) is 3.10. The van der Waals surface area contributed by atoms with Crippen molar-refractivity contribution in [1.29, 1.82) is 0 Å². The van der Waals surface area contributed by atoms with Gasteiger partial charge in [-0.25, -0.2) is 4.79 Å². The summed E-state index contributed by atoms with van der Waals surface area (Å²) in [6.07, 6.45) is 7.67. The molecule has 0 radical (unpaired) electrons. The van der Waals surface area contributed by atoms with E-state index in [4.69, 9.17) is 4.74 Å². The highest BCUT2D eigenvalue weighted by atomic mass is 19.1. The number of piperazine rings is 1. The van der Waals surface area contributed by atoms with Gasteiger partial charge in [0, 0.05) is 37.9 Å². The number of hydrogen-bond donors (Lipinski definition) is 2. The van der Waals surface area contributed by atoms with Gasteiger partial charge in [-0.05, 0) is 31.0 Å². The lowest BCUT2D eigenvalue weighted by Crippen LogP contribution is -2.49. The number of rotatable bonds is 8. The van der Waals surface area contributed by atoms with Crippen LogP contribution in [0.5, 0.6) is 5.75 Å². The number of aromatic carboxylic acids is 1. The van der Waals surface area contributed by atoms with Crippen molar-refractivity contribution in [2.45, 2.75) is 70.9 Å². The number of hydrogen-bond acceptors (Lipinski definition) is 5. The van der Waals surface area contributed by atoms with Crippen LogP contribution in [0.4, 0.5) is 15.8 Å². The zero-order valence-corrected chi connectivity index (χ0v) is 20.7. The zero-order chi connectivity index (χ0) is 25.1. The molecule has 4 rings (SSSR count). The van der Waals surface area contributed by atoms with Gasteiger partial charge in [0.05, 0.1) is 13.5 Å². The van der Waals surface area contributed by atoms with E-state index in [1.54, 1.807) is 4.57 Å². The van der Waals surface area contributed by atoms with Crippen molar-refractivity contribution >= 4 is 28.2 Å². The Hall–Kier alpha value is -3.12. The number of nitrogens with zero attached hydrogens (tertiary/aromatic N) is 3. The average Bonchev–Trinajstić information content (AvgIpc) is 3.67. The SMILES string of the molecule is CCCCCCC#[N+]c1c(F)c(N2CCNC(C)C2)c(OC)c2c1c(=O)c(C(=O)O)cn2C1CC1. The lowest BCUT2D eigenvalue weighted by molar-refractivity contribution is 0.0695. The molecule has 1 saturated heterocycles. The third-order valence-electron chi connectivity index (χ3n) is 6.71. The van der Waals surface area contributed by atoms with Gasteiger partial charge in [0.1, 0.15) is 22.2 Å². The van der Waals surface area contributed by atoms with Crippen LogP contribution in [0.25, 0.3) is 15.7 Å². The monoisotopic (exact) mass is 485 g/mol. The van der Waals surface area contributed by atoms with Crippen molar-refractivity contribution in [2.75, 3.05) is 31.6 Å². The fourth-order valence-electron chi connectivity index (χ4n) is 4.79. The molecule has 0 amide bonds. The fourth-order valence-corrected chi connectivity index (χ4v) is 4.79. The van der Waals surface area contributed by atoms with Gasteiger partial charge in [0.25, 0.3) is 6.07 Å². The number of methoxy groups -OCH3 is 1. The van der Waals surface area contributed by atoms with Gasteiger partial charge in [-0.3, -0.25) is 4.79 Å². The van der Waals surface area contributed by atoms with E-state index in [-0.39, 0.29) is 34.6 Å². The minimum absolute atomic E-state index is 0.0280. The minimum atomic E-state index is -1.34. The maximum Gasteiger partial charge on any atom is 0.391 e. The fraction of sp³-hybridized carbons (Fsp3) is 0.577. The normalized spacial score (nSPS) is 17.8. The Bertz CT molecular complexity index is 1240. The second-order valence-electron chi connectivity index (χ2n) is 9.47. The number of halogens is 1. The largest absolute Gasteiger partial charge is 0.492 e. The number of benzene rings is 1. The average molecular weight is 486 g/mol. The van der Waals surface area contributed by atoms with Crippen molar-refractivity contribution in [2.24, 2.45) is 0 Å². The standard InChI is InChI=1S/C26H33FN4O4/c1-4-5-6-7-8-11-29-21-19-22(31(17-9-10-17)15-18(24(19)32)26(33)34)25(35-3)23(20(21)27)30-13-12-28-16(2)14-30/h15-17,28H,4-10,12-14H2,1-3H3/p+1. The van der Waals surface area contributed by atoms with Crippen LogP contribution >= 0.6 is 0 Å². The van der Waals surface area contributed by atoms with Crippen LogP contribution in [0.3, 0.4) is 0 Å². The number of carboxylic acid groups (broad SMARTS) is 1. The summed E-state index contributed by atoms with van der Waals surface area (Å²) in [6.45, 7) is 5.95. The van der Waals surface area contributed by atoms with Crippen molar-refractivity contribution in [3.63, 3.8) is 0 Å². The predicted octanol–water partition coefficient (Wildman–Crippen LogP) is 4.92. The second kappa shape index (κ2) is 10.6. The third kappa shape index (κ3) is 4.98. The summed E-state index contributed by atoms with van der Waals surface area (Å²) >= 11 is 0. The smallest absolute Gasteiger partial charge is 0.391 e. The topological polar surface area (TPSA) is 88.2 Å². The molecule has 1 saturated carbocycles.